The van der Waals surface area contributed by atoms with Gasteiger partial charge in [-0.3, -0.25) is 0 Å². The maximum absolute atomic E-state index is 2.52. The van der Waals surface area contributed by atoms with Crippen LogP contribution in [0.4, 0.5) is 0 Å². The average Bonchev–Trinajstić information content (AvgIpc) is 2.10. The summed E-state index contributed by atoms with van der Waals surface area (Å²) in [5.41, 5.74) is 1.82. The maximum atomic E-state index is 2.52. The molecule has 0 aromatic rings. The van der Waals surface area contributed by atoms with E-state index in [1.54, 1.807) is 0 Å². The van der Waals surface area contributed by atoms with Crippen molar-refractivity contribution < 1.29 is 0 Å². The van der Waals surface area contributed by atoms with Crippen LogP contribution in [-0.4, -0.2) is 0 Å². The Kier molecular flexibility index (Phi) is 1.58. The molecule has 13 heavy (non-hydrogen) atoms. The fourth-order valence-electron chi connectivity index (χ4n) is 4.66. The van der Waals surface area contributed by atoms with E-state index in [-0.39, 0.29) is 0 Å². The second-order valence-electron chi connectivity index (χ2n) is 6.37. The Balaban J connectivity index is 2.34. The van der Waals surface area contributed by atoms with E-state index in [2.05, 4.69) is 41.5 Å². The van der Waals surface area contributed by atoms with Gasteiger partial charge in [0, 0.05) is 0 Å². The van der Waals surface area contributed by atoms with Gasteiger partial charge in [-0.25, -0.2) is 0 Å². The molecule has 2 aliphatic rings. The second-order valence-corrected chi connectivity index (χ2v) is 6.37. The van der Waals surface area contributed by atoms with E-state index >= 15 is 0 Å². The molecule has 0 spiro atoms. The van der Waals surface area contributed by atoms with Crippen LogP contribution in [0.5, 0.6) is 0 Å². The van der Waals surface area contributed by atoms with Crippen LogP contribution >= 0.6 is 0 Å². The van der Waals surface area contributed by atoms with Gasteiger partial charge in [-0.05, 0) is 40.9 Å². The maximum Gasteiger partial charge on any atom is -0.0210 e. The van der Waals surface area contributed by atoms with Crippen molar-refractivity contribution in [2.75, 3.05) is 0 Å². The van der Waals surface area contributed by atoms with Crippen molar-refractivity contribution >= 4 is 0 Å². The Bertz CT molecular complexity index is 228. The third-order valence-electron chi connectivity index (χ3n) is 6.61. The summed E-state index contributed by atoms with van der Waals surface area (Å²) in [6.07, 6.45) is 2.83. The molecule has 0 bridgehead atoms. The molecular weight excluding hydrogens is 156 g/mol. The predicted octanol–water partition coefficient (Wildman–Crippen LogP) is 4.10. The smallest absolute Gasteiger partial charge is 0.0210 e. The molecule has 0 radical (unpaired) electrons. The standard InChI is InChI=1S/C13H24/c1-7-12(5)10-8-9(2)13(10,6)11(12,3)4/h9-10H,7-8H2,1-6H3. The van der Waals surface area contributed by atoms with E-state index in [9.17, 15) is 0 Å². The molecule has 0 aromatic carbocycles. The lowest BCUT2D eigenvalue weighted by Gasteiger charge is -2.81. The Morgan fingerprint density at radius 3 is 2.00 bits per heavy atom. The highest BCUT2D eigenvalue weighted by Crippen LogP contribution is 2.82. The van der Waals surface area contributed by atoms with Crippen LogP contribution in [0.2, 0.25) is 0 Å². The molecule has 0 amide bonds. The van der Waals surface area contributed by atoms with Gasteiger partial charge in [-0.2, -0.15) is 0 Å². The highest BCUT2D eigenvalue weighted by atomic mass is 14.8. The van der Waals surface area contributed by atoms with Gasteiger partial charge in [0.05, 0.1) is 0 Å². The van der Waals surface area contributed by atoms with Crippen LogP contribution in [-0.2, 0) is 0 Å². The Morgan fingerprint density at radius 2 is 1.69 bits per heavy atom. The van der Waals surface area contributed by atoms with Crippen molar-refractivity contribution in [2.45, 2.75) is 54.4 Å². The molecule has 4 atom stereocenters. The number of rotatable bonds is 1. The van der Waals surface area contributed by atoms with Gasteiger partial charge in [-0.1, -0.05) is 41.5 Å². The molecule has 4 unspecified atom stereocenters. The van der Waals surface area contributed by atoms with E-state index in [1.807, 2.05) is 0 Å². The summed E-state index contributed by atoms with van der Waals surface area (Å²) in [5.74, 6) is 1.96. The third kappa shape index (κ3) is 0.649. The quantitative estimate of drug-likeness (QED) is 0.570. The monoisotopic (exact) mass is 180 g/mol. The Hall–Kier alpha value is 0. The normalized spacial score (nSPS) is 57.7. The fourth-order valence-corrected chi connectivity index (χ4v) is 4.66. The van der Waals surface area contributed by atoms with E-state index in [4.69, 9.17) is 0 Å². The highest BCUT2D eigenvalue weighted by molar-refractivity contribution is 5.24. The summed E-state index contributed by atoms with van der Waals surface area (Å²) in [5, 5.41) is 0. The molecule has 2 fully saturated rings. The average molecular weight is 180 g/mol. The van der Waals surface area contributed by atoms with Gasteiger partial charge in [0.25, 0.3) is 0 Å². The molecule has 0 saturated heterocycles. The first-order valence-electron chi connectivity index (χ1n) is 5.82. The van der Waals surface area contributed by atoms with Crippen molar-refractivity contribution in [2.24, 2.45) is 28.1 Å². The lowest BCUT2D eigenvalue weighted by atomic mass is 9.23. The van der Waals surface area contributed by atoms with Crippen molar-refractivity contribution in [1.82, 2.24) is 0 Å². The summed E-state index contributed by atoms with van der Waals surface area (Å²) >= 11 is 0. The summed E-state index contributed by atoms with van der Waals surface area (Å²) < 4.78 is 0. The van der Waals surface area contributed by atoms with Gasteiger partial charge in [0.1, 0.15) is 0 Å². The largest absolute Gasteiger partial charge is 0.0648 e. The molecule has 2 aliphatic carbocycles. The van der Waals surface area contributed by atoms with E-state index in [0.717, 1.165) is 11.8 Å². The molecular formula is C13H24. The van der Waals surface area contributed by atoms with Crippen molar-refractivity contribution in [3.63, 3.8) is 0 Å². The number of hydrogen-bond donors (Lipinski definition) is 0. The molecule has 0 heterocycles. The van der Waals surface area contributed by atoms with Crippen molar-refractivity contribution in [3.8, 4) is 0 Å². The molecule has 0 N–H and O–H groups in total. The van der Waals surface area contributed by atoms with E-state index < -0.39 is 0 Å². The van der Waals surface area contributed by atoms with Crippen LogP contribution < -0.4 is 0 Å². The second kappa shape index (κ2) is 2.15. The fraction of sp³-hybridized carbons (Fsp3) is 1.00. The van der Waals surface area contributed by atoms with Crippen LogP contribution in [0.25, 0.3) is 0 Å². The van der Waals surface area contributed by atoms with Crippen molar-refractivity contribution in [1.29, 1.82) is 0 Å². The lowest BCUT2D eigenvalue weighted by molar-refractivity contribution is -0.335. The summed E-state index contributed by atoms with van der Waals surface area (Å²) in [4.78, 5) is 0. The van der Waals surface area contributed by atoms with E-state index in [0.29, 0.717) is 16.2 Å². The van der Waals surface area contributed by atoms with Crippen LogP contribution in [0.1, 0.15) is 54.4 Å². The first-order valence-corrected chi connectivity index (χ1v) is 5.82. The molecule has 2 rings (SSSR count). The first-order chi connectivity index (χ1) is 5.82. The highest BCUT2D eigenvalue weighted by Gasteiger charge is 2.76. The predicted molar refractivity (Wildman–Crippen MR) is 57.6 cm³/mol. The van der Waals surface area contributed by atoms with E-state index in [1.165, 1.54) is 12.8 Å². The Labute approximate surface area is 83.1 Å². The topological polar surface area (TPSA) is 0 Å². The van der Waals surface area contributed by atoms with Crippen LogP contribution in [0.3, 0.4) is 0 Å². The van der Waals surface area contributed by atoms with Gasteiger partial charge < -0.3 is 0 Å². The minimum Gasteiger partial charge on any atom is -0.0648 e. The molecule has 76 valence electrons. The lowest BCUT2D eigenvalue weighted by Crippen LogP contribution is -2.75. The molecule has 0 heteroatoms. The van der Waals surface area contributed by atoms with Gasteiger partial charge >= 0.3 is 0 Å². The SMILES string of the molecule is CCC1(C)C2CC(C)C2(C)C1(C)C. The van der Waals surface area contributed by atoms with Gasteiger partial charge in [0.15, 0.2) is 0 Å². The minimum absolute atomic E-state index is 0.553. The number of fused-ring (bicyclic) bond motifs is 1. The van der Waals surface area contributed by atoms with Crippen molar-refractivity contribution in [3.05, 3.63) is 0 Å². The summed E-state index contributed by atoms with van der Waals surface area (Å²) in [6, 6.07) is 0. The third-order valence-corrected chi connectivity index (χ3v) is 6.61. The molecule has 0 nitrogen and oxygen atoms in total. The molecule has 0 aromatic heterocycles. The summed E-state index contributed by atoms with van der Waals surface area (Å²) in [7, 11) is 0. The molecule has 2 saturated carbocycles. The van der Waals surface area contributed by atoms with Gasteiger partial charge in [0.2, 0.25) is 0 Å². The number of hydrogen-bond acceptors (Lipinski definition) is 0. The zero-order chi connectivity index (χ0) is 10.1. The zero-order valence-electron chi connectivity index (χ0n) is 10.1. The minimum atomic E-state index is 0.553. The van der Waals surface area contributed by atoms with Crippen LogP contribution in [0.15, 0.2) is 0 Å². The summed E-state index contributed by atoms with van der Waals surface area (Å²) in [6.45, 7) is 14.8. The first kappa shape index (κ1) is 9.55. The molecule has 0 aliphatic heterocycles. The van der Waals surface area contributed by atoms with Gasteiger partial charge in [-0.15, -0.1) is 0 Å². The Morgan fingerprint density at radius 1 is 1.15 bits per heavy atom. The van der Waals surface area contributed by atoms with Crippen LogP contribution in [0, 0.1) is 28.1 Å². The zero-order valence-corrected chi connectivity index (χ0v) is 10.1.